The summed E-state index contributed by atoms with van der Waals surface area (Å²) < 4.78 is 0. The molecule has 25 heavy (non-hydrogen) atoms. The Morgan fingerprint density at radius 1 is 0.840 bits per heavy atom. The lowest BCUT2D eigenvalue weighted by molar-refractivity contribution is -0.918. The smallest absolute Gasteiger partial charge is 0.103 e. The molecule has 126 valence electrons. The molecule has 3 aromatic rings. The van der Waals surface area contributed by atoms with Crippen LogP contribution in [0.4, 0.5) is 0 Å². The van der Waals surface area contributed by atoms with E-state index in [4.69, 9.17) is 5.10 Å². The largest absolute Gasteiger partial charge is 0.328 e. The molecule has 0 amide bonds. The van der Waals surface area contributed by atoms with E-state index in [1.807, 2.05) is 6.21 Å². The Kier molecular flexibility index (Phi) is 4.75. The third-order valence-electron chi connectivity index (χ3n) is 4.93. The Hall–Kier alpha value is -2.65. The lowest BCUT2D eigenvalue weighted by Gasteiger charge is -2.30. The van der Waals surface area contributed by atoms with Crippen molar-refractivity contribution in [2.24, 2.45) is 5.10 Å². The van der Waals surface area contributed by atoms with E-state index in [1.54, 1.807) is 4.90 Å². The quantitative estimate of drug-likeness (QED) is 0.729. The molecular formula is C22H24N3+. The van der Waals surface area contributed by atoms with Crippen LogP contribution in [-0.2, 0) is 6.54 Å². The van der Waals surface area contributed by atoms with E-state index >= 15 is 0 Å². The van der Waals surface area contributed by atoms with Crippen LogP contribution >= 0.6 is 0 Å². The minimum Gasteiger partial charge on any atom is -0.328 e. The molecule has 0 radical (unpaired) electrons. The zero-order chi connectivity index (χ0) is 16.9. The number of piperazine rings is 1. The van der Waals surface area contributed by atoms with Crippen molar-refractivity contribution >= 4 is 17.0 Å². The van der Waals surface area contributed by atoms with Gasteiger partial charge in [0.15, 0.2) is 0 Å². The second-order valence-corrected chi connectivity index (χ2v) is 6.68. The van der Waals surface area contributed by atoms with E-state index in [9.17, 15) is 0 Å². The maximum Gasteiger partial charge on any atom is 0.103 e. The molecule has 1 heterocycles. The zero-order valence-corrected chi connectivity index (χ0v) is 14.4. The topological polar surface area (TPSA) is 20.0 Å². The van der Waals surface area contributed by atoms with Crippen molar-refractivity contribution in [2.75, 3.05) is 26.2 Å². The van der Waals surface area contributed by atoms with Gasteiger partial charge in [-0.1, -0.05) is 72.8 Å². The highest BCUT2D eigenvalue weighted by Crippen LogP contribution is 2.16. The predicted molar refractivity (Wildman–Crippen MR) is 104 cm³/mol. The summed E-state index contributed by atoms with van der Waals surface area (Å²) in [6, 6.07) is 25.7. The number of hydrogen-bond donors (Lipinski definition) is 1. The Morgan fingerprint density at radius 2 is 1.56 bits per heavy atom. The van der Waals surface area contributed by atoms with Gasteiger partial charge in [-0.05, 0) is 10.8 Å². The van der Waals surface area contributed by atoms with Crippen molar-refractivity contribution < 1.29 is 4.90 Å². The molecule has 4 rings (SSSR count). The third-order valence-corrected chi connectivity index (χ3v) is 4.93. The molecule has 1 aliphatic heterocycles. The molecular weight excluding hydrogens is 306 g/mol. The van der Waals surface area contributed by atoms with Gasteiger partial charge in [0.2, 0.25) is 0 Å². The first-order chi connectivity index (χ1) is 12.4. The van der Waals surface area contributed by atoms with Crippen molar-refractivity contribution in [2.45, 2.75) is 6.54 Å². The maximum absolute atomic E-state index is 4.74. The van der Waals surface area contributed by atoms with Gasteiger partial charge in [-0.15, -0.1) is 0 Å². The zero-order valence-electron chi connectivity index (χ0n) is 14.4. The number of benzene rings is 3. The first kappa shape index (κ1) is 15.9. The summed E-state index contributed by atoms with van der Waals surface area (Å²) in [6.07, 6.45) is 2.02. The van der Waals surface area contributed by atoms with Crippen LogP contribution in [0.3, 0.4) is 0 Å². The summed E-state index contributed by atoms with van der Waals surface area (Å²) in [5.41, 5.74) is 2.61. The van der Waals surface area contributed by atoms with Gasteiger partial charge in [0.25, 0.3) is 0 Å². The molecule has 1 aliphatic rings. The predicted octanol–water partition coefficient (Wildman–Crippen LogP) is 2.57. The Bertz CT molecular complexity index is 844. The van der Waals surface area contributed by atoms with Crippen molar-refractivity contribution in [3.63, 3.8) is 0 Å². The van der Waals surface area contributed by atoms with E-state index in [0.29, 0.717) is 0 Å². The first-order valence-corrected chi connectivity index (χ1v) is 9.03. The maximum atomic E-state index is 4.74. The fraction of sp³-hybridized carbons (Fsp3) is 0.227. The van der Waals surface area contributed by atoms with Crippen LogP contribution in [0, 0.1) is 0 Å². The number of quaternary nitrogens is 1. The number of hydrazone groups is 1. The number of nitrogens with one attached hydrogen (secondary N) is 1. The van der Waals surface area contributed by atoms with Crippen LogP contribution in [0.15, 0.2) is 77.9 Å². The van der Waals surface area contributed by atoms with Gasteiger partial charge in [0, 0.05) is 11.1 Å². The SMILES string of the molecule is C(=N/N1CC[NH+](Cc2ccccc2)CC1)/c1cccc2ccccc12. The highest BCUT2D eigenvalue weighted by atomic mass is 15.5. The van der Waals surface area contributed by atoms with E-state index in [1.165, 1.54) is 21.9 Å². The molecule has 3 heteroatoms. The van der Waals surface area contributed by atoms with Crippen molar-refractivity contribution in [3.8, 4) is 0 Å². The minimum atomic E-state index is 1.02. The molecule has 1 saturated heterocycles. The molecule has 0 spiro atoms. The Morgan fingerprint density at radius 3 is 2.40 bits per heavy atom. The van der Waals surface area contributed by atoms with Gasteiger partial charge in [-0.2, -0.15) is 5.10 Å². The van der Waals surface area contributed by atoms with Gasteiger partial charge in [0.05, 0.1) is 32.4 Å². The van der Waals surface area contributed by atoms with Gasteiger partial charge in [-0.25, -0.2) is 0 Å². The fourth-order valence-corrected chi connectivity index (χ4v) is 3.49. The second kappa shape index (κ2) is 7.49. The van der Waals surface area contributed by atoms with Crippen LogP contribution in [0.5, 0.6) is 0 Å². The first-order valence-electron chi connectivity index (χ1n) is 9.03. The van der Waals surface area contributed by atoms with Gasteiger partial charge in [-0.3, -0.25) is 5.01 Å². The number of hydrogen-bond acceptors (Lipinski definition) is 2. The third kappa shape index (κ3) is 3.89. The summed E-state index contributed by atoms with van der Waals surface area (Å²) in [4.78, 5) is 1.64. The molecule has 0 aliphatic carbocycles. The van der Waals surface area contributed by atoms with Crippen LogP contribution < -0.4 is 4.90 Å². The van der Waals surface area contributed by atoms with Crippen LogP contribution in [0.25, 0.3) is 10.8 Å². The standard InChI is InChI=1S/C22H23N3/c1-2-7-19(8-3-1)18-24-13-15-25(16-14-24)23-17-21-11-6-10-20-9-4-5-12-22(20)21/h1-12,17H,13-16,18H2/p+1/b23-17-. The van der Waals surface area contributed by atoms with Crippen LogP contribution in [-0.4, -0.2) is 37.4 Å². The van der Waals surface area contributed by atoms with Crippen molar-refractivity contribution in [1.29, 1.82) is 0 Å². The number of fused-ring (bicyclic) bond motifs is 1. The number of nitrogens with zero attached hydrogens (tertiary/aromatic N) is 2. The molecule has 1 N–H and O–H groups in total. The highest BCUT2D eigenvalue weighted by Gasteiger charge is 2.18. The lowest BCUT2D eigenvalue weighted by Crippen LogP contribution is -3.13. The minimum absolute atomic E-state index is 1.02. The van der Waals surface area contributed by atoms with Crippen molar-refractivity contribution in [1.82, 2.24) is 5.01 Å². The highest BCUT2D eigenvalue weighted by molar-refractivity contribution is 5.99. The van der Waals surface area contributed by atoms with E-state index in [2.05, 4.69) is 77.8 Å². The molecule has 0 aromatic heterocycles. The Balaban J connectivity index is 1.37. The van der Waals surface area contributed by atoms with Crippen molar-refractivity contribution in [3.05, 3.63) is 83.9 Å². The summed E-state index contributed by atoms with van der Waals surface area (Å²) in [5, 5.41) is 9.48. The van der Waals surface area contributed by atoms with E-state index in [-0.39, 0.29) is 0 Å². The average Bonchev–Trinajstić information content (AvgIpc) is 2.68. The Labute approximate surface area is 149 Å². The summed E-state index contributed by atoms with van der Waals surface area (Å²) >= 11 is 0. The van der Waals surface area contributed by atoms with Gasteiger partial charge >= 0.3 is 0 Å². The number of rotatable bonds is 4. The molecule has 0 bridgehead atoms. The monoisotopic (exact) mass is 330 g/mol. The molecule has 0 unspecified atom stereocenters. The van der Waals surface area contributed by atoms with Gasteiger partial charge in [0.1, 0.15) is 6.54 Å². The molecule has 1 fully saturated rings. The van der Waals surface area contributed by atoms with Crippen LogP contribution in [0.1, 0.15) is 11.1 Å². The van der Waals surface area contributed by atoms with E-state index in [0.717, 1.165) is 32.7 Å². The normalized spacial score (nSPS) is 15.9. The summed E-state index contributed by atoms with van der Waals surface area (Å²) in [6.45, 7) is 5.43. The molecule has 0 saturated carbocycles. The molecule has 0 atom stereocenters. The molecule has 3 aromatic carbocycles. The average molecular weight is 330 g/mol. The molecule has 3 nitrogen and oxygen atoms in total. The van der Waals surface area contributed by atoms with Gasteiger partial charge < -0.3 is 4.90 Å². The fourth-order valence-electron chi connectivity index (χ4n) is 3.49. The van der Waals surface area contributed by atoms with E-state index < -0.39 is 0 Å². The summed E-state index contributed by atoms with van der Waals surface area (Å²) in [5.74, 6) is 0. The lowest BCUT2D eigenvalue weighted by atomic mass is 10.1. The summed E-state index contributed by atoms with van der Waals surface area (Å²) in [7, 11) is 0. The second-order valence-electron chi connectivity index (χ2n) is 6.68. The van der Waals surface area contributed by atoms with Crippen LogP contribution in [0.2, 0.25) is 0 Å².